The van der Waals surface area contributed by atoms with E-state index < -0.39 is 0 Å². The average Bonchev–Trinajstić information content (AvgIpc) is 2.61. The van der Waals surface area contributed by atoms with Crippen molar-refractivity contribution in [2.75, 3.05) is 13.1 Å². The SMILES string of the molecule is C=C(c1ccc(C#Cc2ccccc2)cc1)N1CCCC(O)C1. The Kier molecular flexibility index (Phi) is 4.80. The molecule has 1 saturated heterocycles. The summed E-state index contributed by atoms with van der Waals surface area (Å²) in [5.74, 6) is 6.34. The van der Waals surface area contributed by atoms with Crippen LogP contribution >= 0.6 is 0 Å². The molecule has 0 amide bonds. The fourth-order valence-corrected chi connectivity index (χ4v) is 2.79. The molecular weight excluding hydrogens is 282 g/mol. The van der Waals surface area contributed by atoms with Crippen LogP contribution in [0.3, 0.4) is 0 Å². The smallest absolute Gasteiger partial charge is 0.0715 e. The van der Waals surface area contributed by atoms with Gasteiger partial charge in [-0.25, -0.2) is 0 Å². The number of likely N-dealkylation sites (tertiary alicyclic amines) is 1. The van der Waals surface area contributed by atoms with Gasteiger partial charge in [0.05, 0.1) is 6.10 Å². The molecule has 1 unspecified atom stereocenters. The van der Waals surface area contributed by atoms with Crippen molar-refractivity contribution in [2.45, 2.75) is 18.9 Å². The molecule has 1 atom stereocenters. The molecule has 3 rings (SSSR count). The molecule has 0 radical (unpaired) electrons. The molecule has 1 N–H and O–H groups in total. The van der Waals surface area contributed by atoms with Crippen LogP contribution in [-0.4, -0.2) is 29.2 Å². The second-order valence-corrected chi connectivity index (χ2v) is 5.88. The summed E-state index contributed by atoms with van der Waals surface area (Å²) >= 11 is 0. The van der Waals surface area contributed by atoms with Crippen LogP contribution < -0.4 is 0 Å². The normalized spacial score (nSPS) is 17.3. The van der Waals surface area contributed by atoms with Gasteiger partial charge >= 0.3 is 0 Å². The largest absolute Gasteiger partial charge is 0.391 e. The Morgan fingerprint density at radius 1 is 1.00 bits per heavy atom. The van der Waals surface area contributed by atoms with Gasteiger partial charge in [0.1, 0.15) is 0 Å². The van der Waals surface area contributed by atoms with Gasteiger partial charge in [-0.1, -0.05) is 48.8 Å². The van der Waals surface area contributed by atoms with Crippen molar-refractivity contribution in [3.05, 3.63) is 77.9 Å². The van der Waals surface area contributed by atoms with Crippen LogP contribution in [0, 0.1) is 11.8 Å². The molecule has 0 saturated carbocycles. The molecule has 0 aliphatic carbocycles. The minimum atomic E-state index is -0.239. The molecular formula is C21H21NO. The molecule has 2 aromatic carbocycles. The van der Waals surface area contributed by atoms with E-state index in [2.05, 4.69) is 35.5 Å². The quantitative estimate of drug-likeness (QED) is 0.858. The van der Waals surface area contributed by atoms with Gasteiger partial charge in [-0.15, -0.1) is 0 Å². The van der Waals surface area contributed by atoms with Crippen molar-refractivity contribution in [3.63, 3.8) is 0 Å². The van der Waals surface area contributed by atoms with Gasteiger partial charge in [-0.05, 0) is 42.7 Å². The maximum Gasteiger partial charge on any atom is 0.0715 e. The number of rotatable bonds is 2. The van der Waals surface area contributed by atoms with E-state index in [0.717, 1.165) is 41.8 Å². The molecule has 1 aliphatic rings. The van der Waals surface area contributed by atoms with E-state index in [9.17, 15) is 5.11 Å². The molecule has 23 heavy (non-hydrogen) atoms. The number of piperidine rings is 1. The highest BCUT2D eigenvalue weighted by atomic mass is 16.3. The zero-order valence-corrected chi connectivity index (χ0v) is 13.2. The Hall–Kier alpha value is -2.50. The van der Waals surface area contributed by atoms with E-state index in [1.54, 1.807) is 0 Å². The molecule has 2 nitrogen and oxygen atoms in total. The Balaban J connectivity index is 1.70. The molecule has 1 aliphatic heterocycles. The summed E-state index contributed by atoms with van der Waals surface area (Å²) in [5, 5.41) is 9.80. The van der Waals surface area contributed by atoms with E-state index in [4.69, 9.17) is 0 Å². The third-order valence-electron chi connectivity index (χ3n) is 4.12. The van der Waals surface area contributed by atoms with Crippen LogP contribution in [0.5, 0.6) is 0 Å². The molecule has 1 fully saturated rings. The minimum absolute atomic E-state index is 0.239. The summed E-state index contributed by atoms with van der Waals surface area (Å²) in [5.41, 5.74) is 4.07. The average molecular weight is 303 g/mol. The van der Waals surface area contributed by atoms with Crippen molar-refractivity contribution in [2.24, 2.45) is 0 Å². The number of β-amino-alcohol motifs (C(OH)–C–C–N with tert-alkyl or cyclic N) is 1. The number of hydrogen-bond donors (Lipinski definition) is 1. The second-order valence-electron chi connectivity index (χ2n) is 5.88. The van der Waals surface area contributed by atoms with Gasteiger partial charge in [0.25, 0.3) is 0 Å². The van der Waals surface area contributed by atoms with Crippen LogP contribution in [0.25, 0.3) is 5.70 Å². The minimum Gasteiger partial charge on any atom is -0.391 e. The number of benzene rings is 2. The van der Waals surface area contributed by atoms with E-state index in [-0.39, 0.29) is 6.10 Å². The van der Waals surface area contributed by atoms with Crippen molar-refractivity contribution in [1.82, 2.24) is 4.90 Å². The van der Waals surface area contributed by atoms with E-state index in [1.165, 1.54) is 0 Å². The van der Waals surface area contributed by atoms with Gasteiger partial charge < -0.3 is 10.0 Å². The van der Waals surface area contributed by atoms with Gasteiger partial charge in [-0.2, -0.15) is 0 Å². The Morgan fingerprint density at radius 2 is 1.65 bits per heavy atom. The number of hydrogen-bond acceptors (Lipinski definition) is 2. The highest BCUT2D eigenvalue weighted by Gasteiger charge is 2.19. The lowest BCUT2D eigenvalue weighted by Gasteiger charge is -2.33. The second kappa shape index (κ2) is 7.17. The Labute approximate surface area is 138 Å². The molecule has 0 aromatic heterocycles. The topological polar surface area (TPSA) is 23.5 Å². The third kappa shape index (κ3) is 4.03. The standard InChI is InChI=1S/C21H21NO/c1-17(22-15-5-8-21(23)16-22)20-13-11-19(12-14-20)10-9-18-6-3-2-4-7-18/h2-4,6-7,11-14,21,23H,1,5,8,15-16H2. The van der Waals surface area contributed by atoms with Gasteiger partial charge in [0, 0.05) is 29.9 Å². The highest BCUT2D eigenvalue weighted by molar-refractivity contribution is 5.63. The van der Waals surface area contributed by atoms with E-state index >= 15 is 0 Å². The first kappa shape index (κ1) is 15.4. The first-order valence-corrected chi connectivity index (χ1v) is 8.02. The summed E-state index contributed by atoms with van der Waals surface area (Å²) in [6.07, 6.45) is 1.66. The van der Waals surface area contributed by atoms with Crippen molar-refractivity contribution >= 4 is 5.70 Å². The summed E-state index contributed by atoms with van der Waals surface area (Å²) in [6, 6.07) is 18.1. The lowest BCUT2D eigenvalue weighted by atomic mass is 10.0. The zero-order valence-electron chi connectivity index (χ0n) is 13.2. The molecule has 116 valence electrons. The molecule has 0 bridgehead atoms. The van der Waals surface area contributed by atoms with Crippen LogP contribution in [0.2, 0.25) is 0 Å². The third-order valence-corrected chi connectivity index (χ3v) is 4.12. The predicted octanol–water partition coefficient (Wildman–Crippen LogP) is 3.51. The first-order chi connectivity index (χ1) is 11.2. The van der Waals surface area contributed by atoms with Crippen molar-refractivity contribution < 1.29 is 5.11 Å². The van der Waals surface area contributed by atoms with Crippen molar-refractivity contribution in [1.29, 1.82) is 0 Å². The van der Waals surface area contributed by atoms with E-state index in [0.29, 0.717) is 6.54 Å². The first-order valence-electron chi connectivity index (χ1n) is 8.02. The monoisotopic (exact) mass is 303 g/mol. The maximum atomic E-state index is 9.80. The number of nitrogens with zero attached hydrogens (tertiary/aromatic N) is 1. The summed E-state index contributed by atoms with van der Waals surface area (Å²) in [7, 11) is 0. The summed E-state index contributed by atoms with van der Waals surface area (Å²) < 4.78 is 0. The fourth-order valence-electron chi connectivity index (χ4n) is 2.79. The van der Waals surface area contributed by atoms with E-state index in [1.807, 2.05) is 42.5 Å². The molecule has 1 heterocycles. The van der Waals surface area contributed by atoms with Crippen LogP contribution in [0.4, 0.5) is 0 Å². The molecule has 2 aromatic rings. The summed E-state index contributed by atoms with van der Waals surface area (Å²) in [4.78, 5) is 2.17. The van der Waals surface area contributed by atoms with Crippen LogP contribution in [0.15, 0.2) is 61.2 Å². The Morgan fingerprint density at radius 3 is 2.30 bits per heavy atom. The predicted molar refractivity (Wildman–Crippen MR) is 94.7 cm³/mol. The van der Waals surface area contributed by atoms with Gasteiger partial charge in [-0.3, -0.25) is 0 Å². The molecule has 2 heteroatoms. The number of aliphatic hydroxyl groups is 1. The lowest BCUT2D eigenvalue weighted by molar-refractivity contribution is 0.0990. The maximum absolute atomic E-state index is 9.80. The zero-order chi connectivity index (χ0) is 16.1. The Bertz CT molecular complexity index is 722. The van der Waals surface area contributed by atoms with Crippen molar-refractivity contribution in [3.8, 4) is 11.8 Å². The molecule has 0 spiro atoms. The highest BCUT2D eigenvalue weighted by Crippen LogP contribution is 2.22. The van der Waals surface area contributed by atoms with Gasteiger partial charge in [0.2, 0.25) is 0 Å². The lowest BCUT2D eigenvalue weighted by Crippen LogP contribution is -2.36. The number of aliphatic hydroxyl groups excluding tert-OH is 1. The fraction of sp³-hybridized carbons (Fsp3) is 0.238. The van der Waals surface area contributed by atoms with Crippen LogP contribution in [0.1, 0.15) is 29.5 Å². The summed E-state index contributed by atoms with van der Waals surface area (Å²) in [6.45, 7) is 5.82. The van der Waals surface area contributed by atoms with Gasteiger partial charge in [0.15, 0.2) is 0 Å². The van der Waals surface area contributed by atoms with Crippen LogP contribution in [-0.2, 0) is 0 Å².